The summed E-state index contributed by atoms with van der Waals surface area (Å²) < 4.78 is 46.5. The molecule has 1 aliphatic heterocycles. The molecule has 0 N–H and O–H groups in total. The van der Waals surface area contributed by atoms with Crippen molar-refractivity contribution in [3.8, 4) is 5.69 Å². The quantitative estimate of drug-likeness (QED) is 0.381. The summed E-state index contributed by atoms with van der Waals surface area (Å²) >= 11 is 2.96. The Morgan fingerprint density at radius 2 is 1.88 bits per heavy atom. The van der Waals surface area contributed by atoms with Gasteiger partial charge in [0.15, 0.2) is 11.4 Å². The molecule has 1 saturated heterocycles. The van der Waals surface area contributed by atoms with Crippen molar-refractivity contribution in [2.45, 2.75) is 19.1 Å². The minimum absolute atomic E-state index is 0.00639. The van der Waals surface area contributed by atoms with E-state index in [1.54, 1.807) is 12.3 Å². The first-order chi connectivity index (χ1) is 15.9. The molecule has 0 saturated carbocycles. The topological polar surface area (TPSA) is 63.2 Å². The molecule has 0 unspecified atom stereocenters. The minimum atomic E-state index is -4.45. The van der Waals surface area contributed by atoms with E-state index in [-0.39, 0.29) is 4.47 Å². The van der Waals surface area contributed by atoms with Gasteiger partial charge in [-0.1, -0.05) is 38.4 Å². The molecule has 3 heterocycles. The lowest BCUT2D eigenvalue weighted by Crippen LogP contribution is -2.30. The van der Waals surface area contributed by atoms with E-state index in [0.717, 1.165) is 55.5 Å². The van der Waals surface area contributed by atoms with Gasteiger partial charge in [0, 0.05) is 37.2 Å². The summed E-state index contributed by atoms with van der Waals surface area (Å²) in [6.45, 7) is 3.88. The number of aromatic nitrogens is 4. The Bertz CT molecular complexity index is 1270. The van der Waals surface area contributed by atoms with E-state index in [0.29, 0.717) is 17.9 Å². The average Bonchev–Trinajstić information content (AvgIpc) is 3.36. The molecule has 7 nitrogen and oxygen atoms in total. The summed E-state index contributed by atoms with van der Waals surface area (Å²) in [4.78, 5) is 4.49. The van der Waals surface area contributed by atoms with Gasteiger partial charge in [0.2, 0.25) is 0 Å². The predicted molar refractivity (Wildman–Crippen MR) is 120 cm³/mol. The number of halogens is 4. The van der Waals surface area contributed by atoms with Crippen LogP contribution in [0.15, 0.2) is 57.7 Å². The number of para-hydroxylation sites is 1. The average molecular weight is 521 g/mol. The van der Waals surface area contributed by atoms with Crippen LogP contribution >= 0.6 is 15.9 Å². The van der Waals surface area contributed by atoms with E-state index < -0.39 is 11.7 Å². The molecular formula is C22H20BrF3N6O. The van der Waals surface area contributed by atoms with Crippen molar-refractivity contribution in [3.05, 3.63) is 64.4 Å². The molecule has 1 aliphatic rings. The Morgan fingerprint density at radius 3 is 2.73 bits per heavy atom. The van der Waals surface area contributed by atoms with Gasteiger partial charge in [-0.15, -0.1) is 5.10 Å². The summed E-state index contributed by atoms with van der Waals surface area (Å²) in [5, 5.41) is 13.5. The third kappa shape index (κ3) is 4.60. The standard InChI is InChI=1S/C22H20BrF3N6O/c23-19-7-6-16(12-18(19)22(24,25)26)32-14-15(27-29-32)13-30-8-3-9-31(11-10-30)21-17-4-1-2-5-20(17)33-28-21/h1-2,4-7,12,14H,3,8-11,13H2. The van der Waals surface area contributed by atoms with Crippen molar-refractivity contribution in [3.63, 3.8) is 0 Å². The van der Waals surface area contributed by atoms with E-state index in [4.69, 9.17) is 4.52 Å². The van der Waals surface area contributed by atoms with Gasteiger partial charge in [-0.3, -0.25) is 4.90 Å². The number of anilines is 1. The molecule has 11 heteroatoms. The van der Waals surface area contributed by atoms with Gasteiger partial charge in [-0.05, 0) is 36.8 Å². The van der Waals surface area contributed by atoms with E-state index in [9.17, 15) is 13.2 Å². The van der Waals surface area contributed by atoms with Crippen molar-refractivity contribution in [1.29, 1.82) is 0 Å². The number of rotatable bonds is 4. The second kappa shape index (κ2) is 8.79. The zero-order chi connectivity index (χ0) is 23.0. The molecule has 33 heavy (non-hydrogen) atoms. The van der Waals surface area contributed by atoms with E-state index in [1.165, 1.54) is 10.7 Å². The lowest BCUT2D eigenvalue weighted by molar-refractivity contribution is -0.138. The van der Waals surface area contributed by atoms with Crippen molar-refractivity contribution in [2.24, 2.45) is 0 Å². The van der Waals surface area contributed by atoms with Gasteiger partial charge in [-0.25, -0.2) is 4.68 Å². The lowest BCUT2D eigenvalue weighted by atomic mass is 10.2. The van der Waals surface area contributed by atoms with Crippen LogP contribution < -0.4 is 4.90 Å². The van der Waals surface area contributed by atoms with E-state index in [2.05, 4.69) is 41.2 Å². The summed E-state index contributed by atoms with van der Waals surface area (Å²) in [5.41, 5.74) is 1.04. The van der Waals surface area contributed by atoms with Crippen molar-refractivity contribution in [1.82, 2.24) is 25.1 Å². The number of hydrogen-bond acceptors (Lipinski definition) is 6. The molecule has 0 atom stereocenters. The minimum Gasteiger partial charge on any atom is -0.354 e. The number of nitrogens with zero attached hydrogens (tertiary/aromatic N) is 6. The third-order valence-corrected chi connectivity index (χ3v) is 6.38. The van der Waals surface area contributed by atoms with Gasteiger partial charge in [0.05, 0.1) is 28.5 Å². The van der Waals surface area contributed by atoms with Crippen LogP contribution in [0.4, 0.5) is 19.0 Å². The maximum absolute atomic E-state index is 13.2. The van der Waals surface area contributed by atoms with Crippen LogP contribution in [0.25, 0.3) is 16.7 Å². The van der Waals surface area contributed by atoms with Gasteiger partial charge < -0.3 is 9.42 Å². The Balaban J connectivity index is 1.27. The first kappa shape index (κ1) is 21.9. The molecular weight excluding hydrogens is 501 g/mol. The molecule has 2 aromatic heterocycles. The van der Waals surface area contributed by atoms with Crippen molar-refractivity contribution in [2.75, 3.05) is 31.1 Å². The van der Waals surface area contributed by atoms with Gasteiger partial charge in [0.25, 0.3) is 0 Å². The Morgan fingerprint density at radius 1 is 1.03 bits per heavy atom. The van der Waals surface area contributed by atoms with Gasteiger partial charge in [-0.2, -0.15) is 13.2 Å². The highest BCUT2D eigenvalue weighted by Gasteiger charge is 2.33. The predicted octanol–water partition coefficient (Wildman–Crippen LogP) is 4.90. The number of alkyl halides is 3. The second-order valence-electron chi connectivity index (χ2n) is 7.94. The Kier molecular flexibility index (Phi) is 5.83. The summed E-state index contributed by atoms with van der Waals surface area (Å²) in [7, 11) is 0. The van der Waals surface area contributed by atoms with Crippen LogP contribution in [0, 0.1) is 0 Å². The highest BCUT2D eigenvalue weighted by atomic mass is 79.9. The fourth-order valence-corrected chi connectivity index (χ4v) is 4.51. The molecule has 1 fully saturated rings. The maximum Gasteiger partial charge on any atom is 0.417 e. The smallest absolute Gasteiger partial charge is 0.354 e. The van der Waals surface area contributed by atoms with Crippen molar-refractivity contribution < 1.29 is 17.7 Å². The van der Waals surface area contributed by atoms with Crippen molar-refractivity contribution >= 4 is 32.7 Å². The lowest BCUT2D eigenvalue weighted by Gasteiger charge is -2.20. The molecule has 0 amide bonds. The van der Waals surface area contributed by atoms with Gasteiger partial charge in [0.1, 0.15) is 0 Å². The molecule has 172 valence electrons. The molecule has 0 aliphatic carbocycles. The maximum atomic E-state index is 13.2. The van der Waals surface area contributed by atoms with E-state index in [1.807, 2.05) is 24.3 Å². The fourth-order valence-electron chi connectivity index (χ4n) is 4.04. The van der Waals surface area contributed by atoms with Crippen LogP contribution in [0.3, 0.4) is 0 Å². The molecule has 0 radical (unpaired) electrons. The second-order valence-corrected chi connectivity index (χ2v) is 8.79. The normalized spacial score (nSPS) is 15.8. The zero-order valence-electron chi connectivity index (χ0n) is 17.5. The molecule has 0 bridgehead atoms. The number of benzene rings is 2. The van der Waals surface area contributed by atoms with Crippen LogP contribution in [0.1, 0.15) is 17.7 Å². The first-order valence-corrected chi connectivity index (χ1v) is 11.3. The Labute approximate surface area is 195 Å². The number of fused-ring (bicyclic) bond motifs is 1. The first-order valence-electron chi connectivity index (χ1n) is 10.5. The summed E-state index contributed by atoms with van der Waals surface area (Å²) in [6.07, 6.45) is -1.83. The molecule has 5 rings (SSSR count). The van der Waals surface area contributed by atoms with Crippen LogP contribution in [-0.2, 0) is 12.7 Å². The largest absolute Gasteiger partial charge is 0.417 e. The highest BCUT2D eigenvalue weighted by Crippen LogP contribution is 2.36. The fraction of sp³-hybridized carbons (Fsp3) is 0.318. The van der Waals surface area contributed by atoms with Crippen LogP contribution in [0.2, 0.25) is 0 Å². The summed E-state index contributed by atoms with van der Waals surface area (Å²) in [5.74, 6) is 0.856. The number of hydrogen-bond donors (Lipinski definition) is 0. The Hall–Kier alpha value is -2.92. The van der Waals surface area contributed by atoms with Crippen LogP contribution in [0.5, 0.6) is 0 Å². The van der Waals surface area contributed by atoms with Crippen LogP contribution in [-0.4, -0.2) is 51.2 Å². The summed E-state index contributed by atoms with van der Waals surface area (Å²) in [6, 6.07) is 11.8. The molecule has 4 aromatic rings. The monoisotopic (exact) mass is 520 g/mol. The van der Waals surface area contributed by atoms with Gasteiger partial charge >= 0.3 is 6.18 Å². The zero-order valence-corrected chi connectivity index (χ0v) is 19.1. The van der Waals surface area contributed by atoms with E-state index >= 15 is 0 Å². The molecule has 2 aromatic carbocycles. The third-order valence-electron chi connectivity index (χ3n) is 5.69. The molecule has 0 spiro atoms. The highest BCUT2D eigenvalue weighted by molar-refractivity contribution is 9.10. The SMILES string of the molecule is FC(F)(F)c1cc(-n2cc(CN3CCCN(c4noc5ccccc45)CC3)nn2)ccc1Br.